The van der Waals surface area contributed by atoms with Crippen molar-refractivity contribution in [2.75, 3.05) is 13.2 Å². The number of hydrogen-bond donors (Lipinski definition) is 2. The normalized spacial score (nSPS) is 12.6. The number of amides is 1. The molecule has 15 heavy (non-hydrogen) atoms. The van der Waals surface area contributed by atoms with E-state index >= 15 is 0 Å². The van der Waals surface area contributed by atoms with Gasteiger partial charge < -0.3 is 4.74 Å². The van der Waals surface area contributed by atoms with Gasteiger partial charge in [0.25, 0.3) is 0 Å². The molecule has 0 aliphatic heterocycles. The summed E-state index contributed by atoms with van der Waals surface area (Å²) in [6.45, 7) is 3.12. The van der Waals surface area contributed by atoms with Gasteiger partial charge in [-0.2, -0.15) is 18.4 Å². The van der Waals surface area contributed by atoms with Crippen molar-refractivity contribution in [1.29, 1.82) is 5.26 Å². The number of hydrogen-bond acceptors (Lipinski definition) is 5. The predicted molar refractivity (Wildman–Crippen MR) is 51.9 cm³/mol. The van der Waals surface area contributed by atoms with Gasteiger partial charge in [0.1, 0.15) is 0 Å². The Kier molecular flexibility index (Phi) is 5.66. The van der Waals surface area contributed by atoms with Crippen molar-refractivity contribution < 1.29 is 17.9 Å². The van der Waals surface area contributed by atoms with Crippen LogP contribution in [0, 0.1) is 17.2 Å². The number of carbonyl (C=O) groups excluding carboxylic acids is 1. The quantitative estimate of drug-likeness (QED) is 0.681. The Morgan fingerprint density at radius 3 is 2.67 bits per heavy atom. The van der Waals surface area contributed by atoms with E-state index in [0.717, 1.165) is 0 Å². The second-order valence-corrected chi connectivity index (χ2v) is 4.20. The summed E-state index contributed by atoms with van der Waals surface area (Å²) in [5.41, 5.74) is 0. The summed E-state index contributed by atoms with van der Waals surface area (Å²) in [4.78, 5) is 10.8. The Hall–Kier alpha value is -1.33. The molecular weight excluding hydrogens is 222 g/mol. The maximum Gasteiger partial charge on any atom is 0.421 e. The number of carbonyl (C=O) groups is 1. The Labute approximate surface area is 88.6 Å². The molecule has 0 heterocycles. The van der Waals surface area contributed by atoms with Crippen molar-refractivity contribution in [3.05, 3.63) is 0 Å². The number of nitrogens with one attached hydrogen (secondary N) is 2. The molecule has 7 nitrogen and oxygen atoms in total. The summed E-state index contributed by atoms with van der Waals surface area (Å²) in [6.07, 6.45) is -1.05. The van der Waals surface area contributed by atoms with E-state index in [1.807, 2.05) is 10.8 Å². The van der Waals surface area contributed by atoms with E-state index in [9.17, 15) is 13.2 Å². The lowest BCUT2D eigenvalue weighted by Crippen LogP contribution is -2.41. The van der Waals surface area contributed by atoms with E-state index in [-0.39, 0.29) is 13.2 Å². The molecule has 0 aliphatic carbocycles. The van der Waals surface area contributed by atoms with Gasteiger partial charge in [-0.3, -0.25) is 0 Å². The number of ether oxygens (including phenoxy) is 1. The van der Waals surface area contributed by atoms with Crippen LogP contribution in [0.3, 0.4) is 0 Å². The first-order valence-corrected chi connectivity index (χ1v) is 5.73. The van der Waals surface area contributed by atoms with E-state index in [1.165, 1.54) is 0 Å². The average Bonchev–Trinajstić information content (AvgIpc) is 2.13. The largest absolute Gasteiger partial charge is 0.449 e. The van der Waals surface area contributed by atoms with Gasteiger partial charge >= 0.3 is 16.3 Å². The molecule has 0 fully saturated rings. The third-order valence-electron chi connectivity index (χ3n) is 1.29. The molecule has 0 saturated heterocycles. The van der Waals surface area contributed by atoms with E-state index in [0.29, 0.717) is 0 Å². The molecule has 0 radical (unpaired) electrons. The Bertz CT molecular complexity index is 346. The first kappa shape index (κ1) is 13.7. The molecule has 0 rings (SSSR count). The highest BCUT2D eigenvalue weighted by Gasteiger charge is 2.15. The Morgan fingerprint density at radius 2 is 2.20 bits per heavy atom. The van der Waals surface area contributed by atoms with Gasteiger partial charge in [-0.1, -0.05) is 0 Å². The minimum atomic E-state index is -3.93. The molecule has 86 valence electrons. The summed E-state index contributed by atoms with van der Waals surface area (Å²) in [5, 5.41) is 8.40. The summed E-state index contributed by atoms with van der Waals surface area (Å²) in [5.74, 6) is -0.469. The lowest BCUT2D eigenvalue weighted by atomic mass is 10.2. The molecule has 1 unspecified atom stereocenters. The van der Waals surface area contributed by atoms with Crippen LogP contribution in [0.25, 0.3) is 0 Å². The molecule has 0 aromatic rings. The molecular formula is C7H13N3O4S. The van der Waals surface area contributed by atoms with Crippen LogP contribution >= 0.6 is 0 Å². The van der Waals surface area contributed by atoms with Gasteiger partial charge in [0.2, 0.25) is 0 Å². The van der Waals surface area contributed by atoms with Gasteiger partial charge in [0.05, 0.1) is 18.6 Å². The van der Waals surface area contributed by atoms with Gasteiger partial charge in [-0.05, 0) is 13.8 Å². The van der Waals surface area contributed by atoms with Crippen molar-refractivity contribution >= 4 is 16.3 Å². The molecule has 0 spiro atoms. The van der Waals surface area contributed by atoms with Gasteiger partial charge in [0.15, 0.2) is 0 Å². The topological polar surface area (TPSA) is 108 Å². The first-order valence-electron chi connectivity index (χ1n) is 4.25. The second kappa shape index (κ2) is 6.21. The first-order chi connectivity index (χ1) is 6.91. The average molecular weight is 235 g/mol. The minimum Gasteiger partial charge on any atom is -0.449 e. The highest BCUT2D eigenvalue weighted by molar-refractivity contribution is 7.88. The van der Waals surface area contributed by atoms with Crippen LogP contribution in [0.2, 0.25) is 0 Å². The molecule has 0 aromatic carbocycles. The molecule has 2 N–H and O–H groups in total. The SMILES string of the molecule is CCOC(=O)NS(=O)(=O)NCC(C)C#N. The number of nitriles is 1. The fourth-order valence-electron chi connectivity index (χ4n) is 0.587. The summed E-state index contributed by atoms with van der Waals surface area (Å²) in [7, 11) is -3.93. The van der Waals surface area contributed by atoms with Crippen LogP contribution in [-0.4, -0.2) is 27.7 Å². The van der Waals surface area contributed by atoms with Crippen molar-refractivity contribution in [2.24, 2.45) is 5.92 Å². The lowest BCUT2D eigenvalue weighted by molar-refractivity contribution is 0.158. The third kappa shape index (κ3) is 6.70. The van der Waals surface area contributed by atoms with Crippen molar-refractivity contribution in [2.45, 2.75) is 13.8 Å². The van der Waals surface area contributed by atoms with Crippen molar-refractivity contribution in [1.82, 2.24) is 9.44 Å². The fourth-order valence-corrected chi connectivity index (χ4v) is 1.41. The Balaban J connectivity index is 4.10. The maximum absolute atomic E-state index is 11.1. The fraction of sp³-hybridized carbons (Fsp3) is 0.714. The lowest BCUT2D eigenvalue weighted by Gasteiger charge is -2.08. The molecule has 0 aliphatic rings. The van der Waals surface area contributed by atoms with Gasteiger partial charge in [0, 0.05) is 6.54 Å². The van der Waals surface area contributed by atoms with Crippen molar-refractivity contribution in [3.63, 3.8) is 0 Å². The molecule has 1 amide bonds. The molecule has 0 saturated carbocycles. The monoisotopic (exact) mass is 235 g/mol. The third-order valence-corrected chi connectivity index (χ3v) is 2.28. The maximum atomic E-state index is 11.1. The number of rotatable bonds is 5. The van der Waals surface area contributed by atoms with Crippen LogP contribution in [0.5, 0.6) is 0 Å². The second-order valence-electron chi connectivity index (χ2n) is 2.70. The van der Waals surface area contributed by atoms with E-state index in [1.54, 1.807) is 18.6 Å². The number of nitrogens with zero attached hydrogens (tertiary/aromatic N) is 1. The summed E-state index contributed by atoms with van der Waals surface area (Å²) in [6, 6.07) is 1.85. The molecule has 0 bridgehead atoms. The zero-order valence-electron chi connectivity index (χ0n) is 8.48. The predicted octanol–water partition coefficient (Wildman–Crippen LogP) is -0.273. The standard InChI is InChI=1S/C7H13N3O4S/c1-3-14-7(11)10-15(12,13)9-5-6(2)4-8/h6,9H,3,5H2,1-2H3,(H,10,11). The Morgan fingerprint density at radius 1 is 1.60 bits per heavy atom. The van der Waals surface area contributed by atoms with E-state index < -0.39 is 22.2 Å². The van der Waals surface area contributed by atoms with Crippen molar-refractivity contribution in [3.8, 4) is 6.07 Å². The van der Waals surface area contributed by atoms with E-state index in [4.69, 9.17) is 5.26 Å². The van der Waals surface area contributed by atoms with Crippen LogP contribution < -0.4 is 9.44 Å². The summed E-state index contributed by atoms with van der Waals surface area (Å²) < 4.78 is 30.2. The van der Waals surface area contributed by atoms with Crippen LogP contribution in [0.15, 0.2) is 0 Å². The molecule has 0 aromatic heterocycles. The van der Waals surface area contributed by atoms with Gasteiger partial charge in [-0.25, -0.2) is 9.52 Å². The minimum absolute atomic E-state index is 0.0642. The van der Waals surface area contributed by atoms with E-state index in [2.05, 4.69) is 4.74 Å². The molecule has 8 heteroatoms. The molecule has 1 atom stereocenters. The summed E-state index contributed by atoms with van der Waals surface area (Å²) >= 11 is 0. The van der Waals surface area contributed by atoms with Gasteiger partial charge in [-0.15, -0.1) is 0 Å². The highest BCUT2D eigenvalue weighted by atomic mass is 32.2. The van der Waals surface area contributed by atoms with Crippen LogP contribution in [0.4, 0.5) is 4.79 Å². The zero-order valence-corrected chi connectivity index (χ0v) is 9.30. The van der Waals surface area contributed by atoms with Crippen LogP contribution in [0.1, 0.15) is 13.8 Å². The van der Waals surface area contributed by atoms with Crippen LogP contribution in [-0.2, 0) is 14.9 Å². The smallest absolute Gasteiger partial charge is 0.421 e. The highest BCUT2D eigenvalue weighted by Crippen LogP contribution is 1.90. The zero-order chi connectivity index (χ0) is 11.9.